The van der Waals surface area contributed by atoms with Crippen molar-refractivity contribution in [1.29, 1.82) is 0 Å². The van der Waals surface area contributed by atoms with Crippen LogP contribution in [0.3, 0.4) is 0 Å². The average molecular weight is 163 g/mol. The fraction of sp³-hybridized carbons (Fsp3) is 0.111. The third kappa shape index (κ3) is 0.906. The Labute approximate surface area is 70.1 Å². The summed E-state index contributed by atoms with van der Waals surface area (Å²) in [7, 11) is 0. The molecule has 11 heavy (non-hydrogen) atoms. The number of rotatable bonds is 0. The summed E-state index contributed by atoms with van der Waals surface area (Å²) in [5.41, 5.74) is 3.60. The summed E-state index contributed by atoms with van der Waals surface area (Å²) in [6.45, 7) is 6.05. The normalized spacial score (nSPS) is 14.5. The molecule has 0 amide bonds. The van der Waals surface area contributed by atoms with Crippen molar-refractivity contribution < 1.29 is 0 Å². The van der Waals surface area contributed by atoms with Gasteiger partial charge in [-0.1, -0.05) is 6.58 Å². The van der Waals surface area contributed by atoms with Crippen molar-refractivity contribution in [3.8, 4) is 0 Å². The van der Waals surface area contributed by atoms with Crippen molar-refractivity contribution in [2.24, 2.45) is 0 Å². The second-order valence-electron chi connectivity index (χ2n) is 2.61. The van der Waals surface area contributed by atoms with Crippen LogP contribution >= 0.6 is 11.3 Å². The van der Waals surface area contributed by atoms with Crippen molar-refractivity contribution in [3.05, 3.63) is 34.2 Å². The highest BCUT2D eigenvalue weighted by Gasteiger charge is 2.11. The molecular weight excluding hydrogens is 154 g/mol. The predicted molar refractivity (Wildman–Crippen MR) is 50.3 cm³/mol. The summed E-state index contributed by atoms with van der Waals surface area (Å²) in [4.78, 5) is 1.31. The standard InChI is InChI=1S/C9H9NS/c1-6-5-11-8-3-4-10-7(2)9(6)8/h3-5,10H,2H2,1H3. The Morgan fingerprint density at radius 2 is 2.36 bits per heavy atom. The third-order valence-corrected chi connectivity index (χ3v) is 2.86. The minimum absolute atomic E-state index is 1.02. The van der Waals surface area contributed by atoms with E-state index < -0.39 is 0 Å². The molecular formula is C9H9NS. The molecule has 1 N–H and O–H groups in total. The molecule has 0 unspecified atom stereocenters. The molecule has 56 valence electrons. The molecule has 0 bridgehead atoms. The molecule has 0 spiro atoms. The molecule has 2 rings (SSSR count). The van der Waals surface area contributed by atoms with Gasteiger partial charge in [-0.25, -0.2) is 0 Å². The zero-order valence-corrected chi connectivity index (χ0v) is 7.16. The number of thiophene rings is 1. The smallest absolute Gasteiger partial charge is 0.0397 e. The number of hydrogen-bond acceptors (Lipinski definition) is 2. The highest BCUT2D eigenvalue weighted by Crippen LogP contribution is 2.30. The lowest BCUT2D eigenvalue weighted by Crippen LogP contribution is -2.06. The van der Waals surface area contributed by atoms with Gasteiger partial charge in [-0.3, -0.25) is 0 Å². The van der Waals surface area contributed by atoms with Crippen LogP contribution in [0, 0.1) is 6.92 Å². The lowest BCUT2D eigenvalue weighted by molar-refractivity contribution is 1.21. The van der Waals surface area contributed by atoms with E-state index in [1.54, 1.807) is 11.3 Å². The number of nitrogens with one attached hydrogen (secondary N) is 1. The molecule has 2 heterocycles. The van der Waals surface area contributed by atoms with Crippen molar-refractivity contribution >= 4 is 23.1 Å². The molecule has 1 aromatic heterocycles. The zero-order valence-electron chi connectivity index (χ0n) is 6.35. The van der Waals surface area contributed by atoms with Gasteiger partial charge in [0.1, 0.15) is 0 Å². The molecule has 0 fully saturated rings. The van der Waals surface area contributed by atoms with E-state index >= 15 is 0 Å². The highest BCUT2D eigenvalue weighted by molar-refractivity contribution is 7.11. The van der Waals surface area contributed by atoms with Crippen LogP contribution in [0.5, 0.6) is 0 Å². The monoisotopic (exact) mass is 163 g/mol. The molecule has 0 atom stereocenters. The Bertz CT molecular complexity index is 333. The van der Waals surface area contributed by atoms with E-state index in [0.29, 0.717) is 0 Å². The Hall–Kier alpha value is -1.02. The van der Waals surface area contributed by atoms with Gasteiger partial charge in [0, 0.05) is 22.3 Å². The molecule has 1 aromatic rings. The van der Waals surface area contributed by atoms with Gasteiger partial charge in [-0.15, -0.1) is 11.3 Å². The van der Waals surface area contributed by atoms with Crippen molar-refractivity contribution in [2.45, 2.75) is 6.92 Å². The Morgan fingerprint density at radius 3 is 3.09 bits per heavy atom. The summed E-state index contributed by atoms with van der Waals surface area (Å²) < 4.78 is 0. The SMILES string of the molecule is C=C1NC=Cc2scc(C)c21. The molecule has 0 radical (unpaired) electrons. The summed E-state index contributed by atoms with van der Waals surface area (Å²) >= 11 is 1.77. The molecule has 1 nitrogen and oxygen atoms in total. The van der Waals surface area contributed by atoms with Crippen LogP contribution in [0.4, 0.5) is 0 Å². The predicted octanol–water partition coefficient (Wildman–Crippen LogP) is 2.60. The minimum atomic E-state index is 1.02. The number of hydrogen-bond donors (Lipinski definition) is 1. The van der Waals surface area contributed by atoms with E-state index in [1.807, 2.05) is 6.20 Å². The van der Waals surface area contributed by atoms with E-state index in [4.69, 9.17) is 0 Å². The fourth-order valence-corrected chi connectivity index (χ4v) is 2.23. The molecule has 1 aliphatic rings. The quantitative estimate of drug-likeness (QED) is 0.620. The van der Waals surface area contributed by atoms with Crippen LogP contribution in [0.15, 0.2) is 18.2 Å². The van der Waals surface area contributed by atoms with Gasteiger partial charge in [-0.05, 0) is 23.9 Å². The largest absolute Gasteiger partial charge is 0.362 e. The van der Waals surface area contributed by atoms with Gasteiger partial charge in [0.15, 0.2) is 0 Å². The first kappa shape index (κ1) is 6.68. The lowest BCUT2D eigenvalue weighted by Gasteiger charge is -2.10. The fourth-order valence-electron chi connectivity index (χ4n) is 1.26. The second-order valence-corrected chi connectivity index (χ2v) is 3.53. The van der Waals surface area contributed by atoms with Crippen LogP contribution < -0.4 is 5.32 Å². The van der Waals surface area contributed by atoms with Gasteiger partial charge in [-0.2, -0.15) is 0 Å². The van der Waals surface area contributed by atoms with E-state index in [1.165, 1.54) is 16.0 Å². The summed E-state index contributed by atoms with van der Waals surface area (Å²) in [5, 5.41) is 5.26. The summed E-state index contributed by atoms with van der Waals surface area (Å²) in [5.74, 6) is 0. The van der Waals surface area contributed by atoms with Crippen LogP contribution in [-0.2, 0) is 0 Å². The van der Waals surface area contributed by atoms with Crippen LogP contribution in [-0.4, -0.2) is 0 Å². The van der Waals surface area contributed by atoms with Crippen molar-refractivity contribution in [3.63, 3.8) is 0 Å². The summed E-state index contributed by atoms with van der Waals surface area (Å²) in [6.07, 6.45) is 4.02. The maximum Gasteiger partial charge on any atom is 0.0397 e. The Kier molecular flexibility index (Phi) is 1.36. The van der Waals surface area contributed by atoms with Gasteiger partial charge in [0.2, 0.25) is 0 Å². The van der Waals surface area contributed by atoms with E-state index in [-0.39, 0.29) is 0 Å². The van der Waals surface area contributed by atoms with Crippen LogP contribution in [0.25, 0.3) is 11.8 Å². The van der Waals surface area contributed by atoms with E-state index in [0.717, 1.165) is 5.70 Å². The topological polar surface area (TPSA) is 12.0 Å². The van der Waals surface area contributed by atoms with E-state index in [9.17, 15) is 0 Å². The molecule has 2 heteroatoms. The lowest BCUT2D eigenvalue weighted by atomic mass is 10.1. The number of aryl methyl sites for hydroxylation is 1. The van der Waals surface area contributed by atoms with Crippen LogP contribution in [0.1, 0.15) is 16.0 Å². The minimum Gasteiger partial charge on any atom is -0.362 e. The molecule has 0 saturated heterocycles. The Balaban J connectivity index is 2.67. The van der Waals surface area contributed by atoms with Gasteiger partial charge < -0.3 is 5.32 Å². The van der Waals surface area contributed by atoms with Crippen molar-refractivity contribution in [1.82, 2.24) is 5.32 Å². The summed E-state index contributed by atoms with van der Waals surface area (Å²) in [6, 6.07) is 0. The maximum absolute atomic E-state index is 3.93. The first-order valence-electron chi connectivity index (χ1n) is 3.49. The molecule has 1 aliphatic heterocycles. The van der Waals surface area contributed by atoms with Gasteiger partial charge in [0.25, 0.3) is 0 Å². The molecule has 0 aliphatic carbocycles. The van der Waals surface area contributed by atoms with Crippen molar-refractivity contribution in [2.75, 3.05) is 0 Å². The average Bonchev–Trinajstić information content (AvgIpc) is 2.34. The van der Waals surface area contributed by atoms with Gasteiger partial charge in [0.05, 0.1) is 0 Å². The zero-order chi connectivity index (χ0) is 7.84. The second kappa shape index (κ2) is 2.24. The van der Waals surface area contributed by atoms with Gasteiger partial charge >= 0.3 is 0 Å². The van der Waals surface area contributed by atoms with E-state index in [2.05, 4.69) is 30.3 Å². The first-order chi connectivity index (χ1) is 5.29. The molecule has 0 aromatic carbocycles. The molecule has 0 saturated carbocycles. The maximum atomic E-state index is 3.93. The third-order valence-electron chi connectivity index (χ3n) is 1.80. The first-order valence-corrected chi connectivity index (χ1v) is 4.37. The highest BCUT2D eigenvalue weighted by atomic mass is 32.1. The van der Waals surface area contributed by atoms with Crippen LogP contribution in [0.2, 0.25) is 0 Å². The Morgan fingerprint density at radius 1 is 1.55 bits per heavy atom. The number of fused-ring (bicyclic) bond motifs is 1.